The Hall–Kier alpha value is -3.64. The van der Waals surface area contributed by atoms with E-state index >= 15 is 0 Å². The molecule has 0 aliphatic heterocycles. The molecule has 0 unspecified atom stereocenters. The van der Waals surface area contributed by atoms with Gasteiger partial charge in [0.15, 0.2) is 0 Å². The molecule has 0 atom stereocenters. The Morgan fingerprint density at radius 1 is 0.949 bits per heavy atom. The smallest absolute Gasteiger partial charge is 0.240 e. The highest BCUT2D eigenvalue weighted by atomic mass is 32.2. The average molecular weight is 565 g/mol. The van der Waals surface area contributed by atoms with Crippen molar-refractivity contribution in [1.82, 2.24) is 20.0 Å². The first-order chi connectivity index (χ1) is 18.9. The fraction of sp³-hybridized carbons (Fsp3) is 0.250. The number of likely N-dealkylation sites (N-methyl/N-ethyl adjacent to an activating group) is 1. The highest BCUT2D eigenvalue weighted by molar-refractivity contribution is 7.89. The molecule has 0 fully saturated rings. The van der Waals surface area contributed by atoms with Gasteiger partial charge >= 0.3 is 0 Å². The minimum atomic E-state index is -3.57. The lowest BCUT2D eigenvalue weighted by molar-refractivity contribution is -0.116. The monoisotopic (exact) mass is 564 g/mol. The number of anilines is 3. The van der Waals surface area contributed by atoms with Gasteiger partial charge in [-0.15, -0.1) is 11.3 Å². The van der Waals surface area contributed by atoms with Crippen LogP contribution in [0.3, 0.4) is 0 Å². The molecule has 2 aromatic carbocycles. The summed E-state index contributed by atoms with van der Waals surface area (Å²) in [4.78, 5) is 22.6. The second-order valence-electron chi connectivity index (χ2n) is 8.72. The van der Waals surface area contributed by atoms with E-state index in [2.05, 4.69) is 36.7 Å². The van der Waals surface area contributed by atoms with E-state index in [1.807, 2.05) is 42.6 Å². The van der Waals surface area contributed by atoms with Crippen molar-refractivity contribution in [2.24, 2.45) is 0 Å². The minimum absolute atomic E-state index is 0.00377. The van der Waals surface area contributed by atoms with E-state index in [1.54, 1.807) is 35.7 Å². The molecule has 4 N–H and O–H groups in total. The summed E-state index contributed by atoms with van der Waals surface area (Å²) >= 11 is 1.71. The van der Waals surface area contributed by atoms with Crippen LogP contribution in [0.2, 0.25) is 0 Å². The topological polar surface area (TPSA) is 125 Å². The number of aromatic nitrogens is 2. The van der Waals surface area contributed by atoms with Crippen LogP contribution >= 0.6 is 11.3 Å². The molecular formula is C28H32N6O3S2. The van der Waals surface area contributed by atoms with E-state index in [9.17, 15) is 13.2 Å². The molecule has 39 heavy (non-hydrogen) atoms. The van der Waals surface area contributed by atoms with Gasteiger partial charge in [-0.3, -0.25) is 4.79 Å². The van der Waals surface area contributed by atoms with Crippen LogP contribution in [0, 0.1) is 0 Å². The van der Waals surface area contributed by atoms with Gasteiger partial charge in [-0.05, 0) is 73.3 Å². The Morgan fingerprint density at radius 3 is 2.44 bits per heavy atom. The van der Waals surface area contributed by atoms with E-state index < -0.39 is 10.0 Å². The number of hydrogen-bond donors (Lipinski definition) is 4. The number of nitrogens with zero attached hydrogens (tertiary/aromatic N) is 2. The standard InChI is InChI=1S/C28H32N6O3S2/c1-2-29-18-19-31-39(36,37)25-14-12-23(13-15-25)33-28-30-17-16-26(34-28)21-8-10-22(11-9-21)32-27(35)7-3-5-24-6-4-20-38-24/h4,6,8-17,20,29,31H,2-3,5,7,18-19H2,1H3,(H,32,35)(H,30,33,34). The maximum absolute atomic E-state index is 12.4. The fourth-order valence-corrected chi connectivity index (χ4v) is 5.57. The molecule has 0 spiro atoms. The van der Waals surface area contributed by atoms with E-state index in [1.165, 1.54) is 17.0 Å². The van der Waals surface area contributed by atoms with Gasteiger partial charge in [-0.2, -0.15) is 0 Å². The predicted molar refractivity (Wildman–Crippen MR) is 157 cm³/mol. The fourth-order valence-electron chi connectivity index (χ4n) is 3.79. The molecule has 0 radical (unpaired) electrons. The number of rotatable bonds is 14. The zero-order valence-electron chi connectivity index (χ0n) is 21.7. The summed E-state index contributed by atoms with van der Waals surface area (Å²) in [6.45, 7) is 3.63. The Morgan fingerprint density at radius 2 is 1.72 bits per heavy atom. The molecule has 0 saturated carbocycles. The van der Waals surface area contributed by atoms with Gasteiger partial charge in [0, 0.05) is 47.5 Å². The average Bonchev–Trinajstić information content (AvgIpc) is 3.46. The third kappa shape index (κ3) is 8.69. The van der Waals surface area contributed by atoms with Gasteiger partial charge in [0.25, 0.3) is 0 Å². The number of carbonyl (C=O) groups excluding carboxylic acids is 1. The SMILES string of the molecule is CCNCCNS(=O)(=O)c1ccc(Nc2nccc(-c3ccc(NC(=O)CCCc4cccs4)cc3)n2)cc1. The molecule has 2 heterocycles. The largest absolute Gasteiger partial charge is 0.326 e. The van der Waals surface area contributed by atoms with E-state index in [4.69, 9.17) is 0 Å². The third-order valence-corrected chi connectivity index (χ3v) is 8.20. The molecule has 4 rings (SSSR count). The Balaban J connectivity index is 1.31. The predicted octanol–water partition coefficient (Wildman–Crippen LogP) is 4.80. The summed E-state index contributed by atoms with van der Waals surface area (Å²) in [6, 6.07) is 19.8. The number of amides is 1. The maximum Gasteiger partial charge on any atom is 0.240 e. The lowest BCUT2D eigenvalue weighted by atomic mass is 10.1. The molecule has 2 aromatic heterocycles. The van der Waals surface area contributed by atoms with Crippen molar-refractivity contribution in [3.63, 3.8) is 0 Å². The number of thiophene rings is 1. The van der Waals surface area contributed by atoms with Crippen molar-refractivity contribution < 1.29 is 13.2 Å². The molecule has 204 valence electrons. The number of hydrogen-bond acceptors (Lipinski definition) is 8. The molecule has 1 amide bonds. The normalized spacial score (nSPS) is 11.3. The van der Waals surface area contributed by atoms with Gasteiger partial charge in [0.1, 0.15) is 0 Å². The summed E-state index contributed by atoms with van der Waals surface area (Å²) in [5.74, 6) is 0.380. The zero-order valence-corrected chi connectivity index (χ0v) is 23.3. The number of nitrogens with one attached hydrogen (secondary N) is 4. The quantitative estimate of drug-likeness (QED) is 0.162. The van der Waals surface area contributed by atoms with Crippen molar-refractivity contribution in [1.29, 1.82) is 0 Å². The van der Waals surface area contributed by atoms with Crippen molar-refractivity contribution in [2.45, 2.75) is 31.1 Å². The summed E-state index contributed by atoms with van der Waals surface area (Å²) in [6.07, 6.45) is 3.85. The van der Waals surface area contributed by atoms with Gasteiger partial charge < -0.3 is 16.0 Å². The lowest BCUT2D eigenvalue weighted by Crippen LogP contribution is -2.31. The summed E-state index contributed by atoms with van der Waals surface area (Å²) in [7, 11) is -3.57. The second kappa shape index (κ2) is 13.9. The van der Waals surface area contributed by atoms with E-state index in [0.29, 0.717) is 36.8 Å². The van der Waals surface area contributed by atoms with E-state index in [0.717, 1.165) is 30.6 Å². The molecule has 11 heteroatoms. The van der Waals surface area contributed by atoms with Gasteiger partial charge in [0.05, 0.1) is 10.6 Å². The summed E-state index contributed by atoms with van der Waals surface area (Å²) in [5, 5.41) is 11.2. The highest BCUT2D eigenvalue weighted by Gasteiger charge is 2.13. The molecule has 0 aliphatic rings. The first-order valence-corrected chi connectivity index (χ1v) is 15.1. The van der Waals surface area contributed by atoms with Gasteiger partial charge in [-0.25, -0.2) is 23.1 Å². The number of carbonyl (C=O) groups is 1. The number of sulfonamides is 1. The van der Waals surface area contributed by atoms with Crippen molar-refractivity contribution in [2.75, 3.05) is 30.3 Å². The van der Waals surface area contributed by atoms with Gasteiger partial charge in [-0.1, -0.05) is 25.1 Å². The first-order valence-electron chi connectivity index (χ1n) is 12.8. The summed E-state index contributed by atoms with van der Waals surface area (Å²) < 4.78 is 27.4. The van der Waals surface area contributed by atoms with E-state index in [-0.39, 0.29) is 10.8 Å². The Kier molecular flexibility index (Phi) is 10.1. The molecule has 0 bridgehead atoms. The zero-order chi connectivity index (χ0) is 27.5. The molecule has 0 saturated heterocycles. The van der Waals surface area contributed by atoms with Crippen LogP contribution in [0.1, 0.15) is 24.6 Å². The molecule has 0 aliphatic carbocycles. The van der Waals surface area contributed by atoms with Crippen LogP contribution in [0.4, 0.5) is 17.3 Å². The van der Waals surface area contributed by atoms with Crippen molar-refractivity contribution in [3.05, 3.63) is 83.2 Å². The van der Waals surface area contributed by atoms with Crippen LogP contribution in [0.25, 0.3) is 11.3 Å². The van der Waals surface area contributed by atoms with Crippen LogP contribution in [-0.4, -0.2) is 43.9 Å². The lowest BCUT2D eigenvalue weighted by Gasteiger charge is -2.10. The number of benzene rings is 2. The van der Waals surface area contributed by atoms with Crippen LogP contribution in [0.5, 0.6) is 0 Å². The highest BCUT2D eigenvalue weighted by Crippen LogP contribution is 2.22. The van der Waals surface area contributed by atoms with Crippen molar-refractivity contribution in [3.8, 4) is 11.3 Å². The van der Waals surface area contributed by atoms with Crippen LogP contribution in [-0.2, 0) is 21.2 Å². The number of aryl methyl sites for hydroxylation is 1. The van der Waals surface area contributed by atoms with Gasteiger partial charge in [0.2, 0.25) is 21.9 Å². The van der Waals surface area contributed by atoms with Crippen LogP contribution in [0.15, 0.2) is 83.2 Å². The molecule has 4 aromatic rings. The Bertz CT molecular complexity index is 1440. The van der Waals surface area contributed by atoms with Crippen molar-refractivity contribution >= 4 is 44.6 Å². The first kappa shape index (κ1) is 28.4. The maximum atomic E-state index is 12.4. The minimum Gasteiger partial charge on any atom is -0.326 e. The Labute approximate surface area is 233 Å². The molecule has 9 nitrogen and oxygen atoms in total. The van der Waals surface area contributed by atoms with Crippen LogP contribution < -0.4 is 20.7 Å². The third-order valence-electron chi connectivity index (χ3n) is 5.79. The summed E-state index contributed by atoms with van der Waals surface area (Å²) in [5.41, 5.74) is 2.99. The second-order valence-corrected chi connectivity index (χ2v) is 11.5. The molecular weight excluding hydrogens is 532 g/mol.